The van der Waals surface area contributed by atoms with E-state index in [4.69, 9.17) is 4.74 Å². The van der Waals surface area contributed by atoms with Gasteiger partial charge in [-0.3, -0.25) is 0 Å². The first-order valence-electron chi connectivity index (χ1n) is 4.62. The Labute approximate surface area is 78.7 Å². The summed E-state index contributed by atoms with van der Waals surface area (Å²) in [6, 6.07) is 0. The fourth-order valence-electron chi connectivity index (χ4n) is 1.47. The van der Waals surface area contributed by atoms with E-state index in [9.17, 15) is 4.79 Å². The van der Waals surface area contributed by atoms with Crippen LogP contribution in [0.3, 0.4) is 0 Å². The molecular weight excluding hydrogens is 168 g/mol. The highest BCUT2D eigenvalue weighted by Crippen LogP contribution is 2.28. The zero-order valence-corrected chi connectivity index (χ0v) is 8.42. The molecular formula is C10H16O3. The second-order valence-electron chi connectivity index (χ2n) is 3.41. The Balaban J connectivity index is 2.71. The van der Waals surface area contributed by atoms with Crippen LogP contribution < -0.4 is 0 Å². The van der Waals surface area contributed by atoms with Crippen LogP contribution in [0.15, 0.2) is 11.3 Å². The smallest absolute Gasteiger partial charge is 0.337 e. The third-order valence-corrected chi connectivity index (χ3v) is 1.98. The van der Waals surface area contributed by atoms with Gasteiger partial charge in [0.1, 0.15) is 5.76 Å². The number of esters is 1. The molecule has 3 nitrogen and oxygen atoms in total. The number of carbonyl (C=O) groups excluding carboxylic acids is 1. The van der Waals surface area contributed by atoms with Gasteiger partial charge in [0, 0.05) is 6.42 Å². The molecule has 74 valence electrons. The molecule has 0 aromatic heterocycles. The molecule has 0 aliphatic heterocycles. The molecule has 3 heteroatoms. The van der Waals surface area contributed by atoms with Gasteiger partial charge in [0.25, 0.3) is 0 Å². The fourth-order valence-corrected chi connectivity index (χ4v) is 1.47. The molecule has 0 saturated carbocycles. The van der Waals surface area contributed by atoms with Crippen LogP contribution in [0.5, 0.6) is 0 Å². The van der Waals surface area contributed by atoms with Crippen LogP contribution in [-0.2, 0) is 14.3 Å². The summed E-state index contributed by atoms with van der Waals surface area (Å²) in [5.74, 6) is 0.579. The number of allylic oxidation sites excluding steroid dienone is 1. The van der Waals surface area contributed by atoms with Crippen molar-refractivity contribution in [1.82, 2.24) is 0 Å². The lowest BCUT2D eigenvalue weighted by Gasteiger charge is -2.11. The highest BCUT2D eigenvalue weighted by molar-refractivity contribution is 5.89. The minimum atomic E-state index is -0.242. The van der Waals surface area contributed by atoms with Crippen molar-refractivity contribution in [3.8, 4) is 0 Å². The Morgan fingerprint density at radius 3 is 2.62 bits per heavy atom. The highest BCUT2D eigenvalue weighted by atomic mass is 16.5. The molecule has 1 rings (SSSR count). The minimum Gasteiger partial charge on any atom is -0.495 e. The lowest BCUT2D eigenvalue weighted by atomic mass is 10.2. The maximum Gasteiger partial charge on any atom is 0.337 e. The van der Waals surface area contributed by atoms with E-state index in [1.54, 1.807) is 0 Å². The van der Waals surface area contributed by atoms with Crippen LogP contribution in [-0.4, -0.2) is 19.2 Å². The van der Waals surface area contributed by atoms with E-state index in [0.717, 1.165) is 30.6 Å². The second-order valence-corrected chi connectivity index (χ2v) is 3.41. The summed E-state index contributed by atoms with van der Waals surface area (Å²) >= 11 is 0. The molecule has 0 bridgehead atoms. The Morgan fingerprint density at radius 1 is 1.38 bits per heavy atom. The summed E-state index contributed by atoms with van der Waals surface area (Å²) in [4.78, 5) is 11.2. The molecule has 0 radical (unpaired) electrons. The van der Waals surface area contributed by atoms with Gasteiger partial charge in [-0.2, -0.15) is 0 Å². The van der Waals surface area contributed by atoms with Gasteiger partial charge in [-0.25, -0.2) is 4.79 Å². The maximum absolute atomic E-state index is 11.2. The Kier molecular flexibility index (Phi) is 3.34. The molecule has 0 aromatic rings. The lowest BCUT2D eigenvalue weighted by Crippen LogP contribution is -2.08. The van der Waals surface area contributed by atoms with Gasteiger partial charge >= 0.3 is 5.97 Å². The Morgan fingerprint density at radius 2 is 2.08 bits per heavy atom. The predicted molar refractivity (Wildman–Crippen MR) is 49.1 cm³/mol. The number of carbonyl (C=O) groups is 1. The number of methoxy groups -OCH3 is 1. The van der Waals surface area contributed by atoms with Crippen molar-refractivity contribution in [1.29, 1.82) is 0 Å². The molecule has 0 N–H and O–H groups in total. The van der Waals surface area contributed by atoms with Crippen molar-refractivity contribution < 1.29 is 14.3 Å². The minimum absolute atomic E-state index is 0.132. The molecule has 0 spiro atoms. The molecule has 0 saturated heterocycles. The van der Waals surface area contributed by atoms with Crippen molar-refractivity contribution in [2.45, 2.75) is 39.2 Å². The normalized spacial score (nSPS) is 16.6. The zero-order chi connectivity index (χ0) is 9.84. The van der Waals surface area contributed by atoms with E-state index >= 15 is 0 Å². The summed E-state index contributed by atoms with van der Waals surface area (Å²) in [6.07, 6.45) is 2.77. The molecule has 1 aliphatic carbocycles. The fraction of sp³-hybridized carbons (Fsp3) is 0.700. The van der Waals surface area contributed by atoms with Crippen molar-refractivity contribution in [2.75, 3.05) is 7.11 Å². The standard InChI is InChI=1S/C10H16O3/c1-7(2)13-9-6-4-5-8(9)10(11)12-3/h7H,4-6H2,1-3H3. The van der Waals surface area contributed by atoms with Gasteiger partial charge < -0.3 is 9.47 Å². The molecule has 0 amide bonds. The van der Waals surface area contributed by atoms with Gasteiger partial charge in [-0.15, -0.1) is 0 Å². The average Bonchev–Trinajstić information content (AvgIpc) is 2.50. The summed E-state index contributed by atoms with van der Waals surface area (Å²) in [5.41, 5.74) is 0.719. The van der Waals surface area contributed by atoms with E-state index in [0.29, 0.717) is 0 Å². The number of hydrogen-bond acceptors (Lipinski definition) is 3. The third-order valence-electron chi connectivity index (χ3n) is 1.98. The van der Waals surface area contributed by atoms with Crippen molar-refractivity contribution in [3.63, 3.8) is 0 Å². The van der Waals surface area contributed by atoms with Crippen LogP contribution in [0.2, 0.25) is 0 Å². The molecule has 0 fully saturated rings. The monoisotopic (exact) mass is 184 g/mol. The van der Waals surface area contributed by atoms with Gasteiger partial charge in [0.15, 0.2) is 0 Å². The summed E-state index contributed by atoms with van der Waals surface area (Å²) in [5, 5.41) is 0. The van der Waals surface area contributed by atoms with E-state index in [1.165, 1.54) is 7.11 Å². The largest absolute Gasteiger partial charge is 0.495 e. The molecule has 13 heavy (non-hydrogen) atoms. The first kappa shape index (κ1) is 10.1. The van der Waals surface area contributed by atoms with Crippen molar-refractivity contribution >= 4 is 5.97 Å². The van der Waals surface area contributed by atoms with Crippen molar-refractivity contribution in [3.05, 3.63) is 11.3 Å². The molecule has 0 aromatic carbocycles. The highest BCUT2D eigenvalue weighted by Gasteiger charge is 2.23. The quantitative estimate of drug-likeness (QED) is 0.629. The van der Waals surface area contributed by atoms with Gasteiger partial charge in [-0.1, -0.05) is 0 Å². The topological polar surface area (TPSA) is 35.5 Å². The number of hydrogen-bond donors (Lipinski definition) is 0. The average molecular weight is 184 g/mol. The first-order chi connectivity index (χ1) is 6.15. The van der Waals surface area contributed by atoms with Gasteiger partial charge in [0.05, 0.1) is 18.8 Å². The van der Waals surface area contributed by atoms with E-state index in [2.05, 4.69) is 4.74 Å². The van der Waals surface area contributed by atoms with E-state index in [1.807, 2.05) is 13.8 Å². The third kappa shape index (κ3) is 2.47. The van der Waals surface area contributed by atoms with Crippen LogP contribution >= 0.6 is 0 Å². The zero-order valence-electron chi connectivity index (χ0n) is 8.42. The first-order valence-corrected chi connectivity index (χ1v) is 4.62. The second kappa shape index (κ2) is 4.30. The van der Waals surface area contributed by atoms with Gasteiger partial charge in [0.2, 0.25) is 0 Å². The number of ether oxygens (including phenoxy) is 2. The van der Waals surface area contributed by atoms with Crippen LogP contribution in [0.1, 0.15) is 33.1 Å². The Hall–Kier alpha value is -0.990. The lowest BCUT2D eigenvalue weighted by molar-refractivity contribution is -0.136. The van der Waals surface area contributed by atoms with E-state index in [-0.39, 0.29) is 12.1 Å². The SMILES string of the molecule is COC(=O)C1=C(OC(C)C)CCC1. The maximum atomic E-state index is 11.2. The van der Waals surface area contributed by atoms with Crippen LogP contribution in [0.25, 0.3) is 0 Å². The molecule has 0 unspecified atom stereocenters. The summed E-state index contributed by atoms with van der Waals surface area (Å²) in [6.45, 7) is 3.92. The van der Waals surface area contributed by atoms with Crippen molar-refractivity contribution in [2.24, 2.45) is 0 Å². The van der Waals surface area contributed by atoms with Gasteiger partial charge in [-0.05, 0) is 26.7 Å². The van der Waals surface area contributed by atoms with Crippen LogP contribution in [0, 0.1) is 0 Å². The molecule has 1 aliphatic rings. The molecule has 0 atom stereocenters. The summed E-state index contributed by atoms with van der Waals surface area (Å²) < 4.78 is 10.2. The Bertz CT molecular complexity index is 228. The predicted octanol–water partition coefficient (Wildman–Crippen LogP) is 2.02. The van der Waals surface area contributed by atoms with E-state index < -0.39 is 0 Å². The summed E-state index contributed by atoms with van der Waals surface area (Å²) in [7, 11) is 1.40. The molecule has 0 heterocycles. The van der Waals surface area contributed by atoms with Crippen LogP contribution in [0.4, 0.5) is 0 Å². The number of rotatable bonds is 3.